The molecular weight excluding hydrogens is 483 g/mol. The number of sulfonamides is 1. The molecule has 0 fully saturated rings. The first-order valence-corrected chi connectivity index (χ1v) is 20.2. The Balaban J connectivity index is 1.86. The highest BCUT2D eigenvalue weighted by Gasteiger charge is 2.43. The summed E-state index contributed by atoms with van der Waals surface area (Å²) in [6.07, 6.45) is 1.13. The summed E-state index contributed by atoms with van der Waals surface area (Å²) in [7, 11) is -6.78. The summed E-state index contributed by atoms with van der Waals surface area (Å²) in [4.78, 5) is 0.385. The van der Waals surface area contributed by atoms with Crippen LogP contribution < -0.4 is 5.19 Å². The topological polar surface area (TPSA) is 37.4 Å². The summed E-state index contributed by atoms with van der Waals surface area (Å²) in [5.74, 6) is 3.81. The van der Waals surface area contributed by atoms with Gasteiger partial charge in [-0.05, 0) is 71.5 Å². The van der Waals surface area contributed by atoms with Gasteiger partial charge in [-0.1, -0.05) is 76.4 Å². The van der Waals surface area contributed by atoms with Crippen LogP contribution in [0.3, 0.4) is 0 Å². The third-order valence-electron chi connectivity index (χ3n) is 9.19. The van der Waals surface area contributed by atoms with E-state index in [9.17, 15) is 8.42 Å². The van der Waals surface area contributed by atoms with Crippen molar-refractivity contribution in [1.82, 2.24) is 4.31 Å². The summed E-state index contributed by atoms with van der Waals surface area (Å²) < 4.78 is 28.8. The molecule has 0 atom stereocenters. The standard InChI is InChI=1S/C29H41NO2SSi2/c1-7-34(8-2,9-3)18-17-27-28-22-30(33(31,32)26-14-12-23(6)13-15-26)21-25(28)20-24-16-19-35(10-4,11-5)29(24)27/h12-15,20H,7-11,16,19,21-22H2,1-6H3. The van der Waals surface area contributed by atoms with Crippen LogP contribution in [0.1, 0.15) is 62.4 Å². The van der Waals surface area contributed by atoms with E-state index in [1.807, 2.05) is 19.1 Å². The van der Waals surface area contributed by atoms with Gasteiger partial charge in [0.2, 0.25) is 10.0 Å². The number of rotatable bonds is 7. The zero-order valence-corrected chi connectivity index (χ0v) is 25.2. The summed E-state index contributed by atoms with van der Waals surface area (Å²) in [6.45, 7) is 14.5. The minimum atomic E-state index is -3.55. The quantitative estimate of drug-likeness (QED) is 0.313. The molecule has 0 aromatic heterocycles. The molecule has 0 spiro atoms. The molecule has 0 saturated heterocycles. The molecule has 4 rings (SSSR count). The van der Waals surface area contributed by atoms with Gasteiger partial charge >= 0.3 is 0 Å². The average Bonchev–Trinajstić information content (AvgIpc) is 3.47. The molecule has 35 heavy (non-hydrogen) atoms. The molecule has 0 N–H and O–H groups in total. The molecule has 6 heteroatoms. The number of benzene rings is 2. The van der Waals surface area contributed by atoms with Gasteiger partial charge in [-0.25, -0.2) is 8.42 Å². The first kappa shape index (κ1) is 26.4. The van der Waals surface area contributed by atoms with Crippen LogP contribution in [0, 0.1) is 18.4 Å². The van der Waals surface area contributed by atoms with E-state index in [1.165, 1.54) is 58.5 Å². The lowest BCUT2D eigenvalue weighted by atomic mass is 9.99. The van der Waals surface area contributed by atoms with Gasteiger partial charge in [-0.2, -0.15) is 4.31 Å². The van der Waals surface area contributed by atoms with E-state index in [4.69, 9.17) is 0 Å². The van der Waals surface area contributed by atoms with Gasteiger partial charge in [0.1, 0.15) is 8.07 Å². The zero-order chi connectivity index (χ0) is 25.4. The van der Waals surface area contributed by atoms with Crippen molar-refractivity contribution in [2.45, 2.75) is 102 Å². The lowest BCUT2D eigenvalue weighted by molar-refractivity contribution is 0.431. The number of aryl methyl sites for hydroxylation is 2. The summed E-state index contributed by atoms with van der Waals surface area (Å²) in [5.41, 5.74) is 10.0. The number of nitrogens with zero attached hydrogens (tertiary/aromatic N) is 1. The van der Waals surface area contributed by atoms with Crippen molar-refractivity contribution in [1.29, 1.82) is 0 Å². The molecule has 2 heterocycles. The molecule has 0 radical (unpaired) electrons. The van der Waals surface area contributed by atoms with E-state index in [1.54, 1.807) is 21.6 Å². The van der Waals surface area contributed by atoms with E-state index < -0.39 is 26.2 Å². The van der Waals surface area contributed by atoms with Gasteiger partial charge in [0.05, 0.1) is 13.0 Å². The molecule has 0 unspecified atom stereocenters. The molecule has 2 aromatic carbocycles. The Hall–Kier alpha value is -1.66. The highest BCUT2D eigenvalue weighted by molar-refractivity contribution is 7.89. The number of fused-ring (bicyclic) bond motifs is 2. The van der Waals surface area contributed by atoms with Crippen molar-refractivity contribution >= 4 is 31.4 Å². The Morgan fingerprint density at radius 2 is 1.57 bits per heavy atom. The van der Waals surface area contributed by atoms with Crippen LogP contribution in [0.25, 0.3) is 0 Å². The molecule has 2 aromatic rings. The van der Waals surface area contributed by atoms with Crippen molar-refractivity contribution in [3.8, 4) is 11.5 Å². The smallest absolute Gasteiger partial charge is 0.207 e. The Kier molecular flexibility index (Phi) is 7.55. The molecule has 0 amide bonds. The maximum Gasteiger partial charge on any atom is 0.243 e. The van der Waals surface area contributed by atoms with E-state index in [-0.39, 0.29) is 0 Å². The van der Waals surface area contributed by atoms with Crippen molar-refractivity contribution in [3.63, 3.8) is 0 Å². The normalized spacial score (nSPS) is 17.1. The molecule has 2 aliphatic rings. The fourth-order valence-electron chi connectivity index (χ4n) is 6.22. The van der Waals surface area contributed by atoms with E-state index in [0.717, 1.165) is 12.0 Å². The second-order valence-electron chi connectivity index (χ2n) is 10.6. The summed E-state index contributed by atoms with van der Waals surface area (Å²) in [5, 5.41) is 1.58. The molecule has 188 valence electrons. The van der Waals surface area contributed by atoms with Gasteiger partial charge in [-0.15, -0.1) is 5.54 Å². The van der Waals surface area contributed by atoms with Crippen molar-refractivity contribution in [2.75, 3.05) is 0 Å². The highest BCUT2D eigenvalue weighted by atomic mass is 32.2. The first-order chi connectivity index (χ1) is 16.7. The molecular formula is C29H41NO2SSi2. The lowest BCUT2D eigenvalue weighted by Gasteiger charge is -2.28. The first-order valence-electron chi connectivity index (χ1n) is 13.5. The summed E-state index contributed by atoms with van der Waals surface area (Å²) in [6, 6.07) is 16.9. The molecule has 0 bridgehead atoms. The maximum absolute atomic E-state index is 13.6. The Morgan fingerprint density at radius 3 is 2.14 bits per heavy atom. The molecule has 0 aliphatic carbocycles. The van der Waals surface area contributed by atoms with Crippen molar-refractivity contribution < 1.29 is 8.42 Å². The monoisotopic (exact) mass is 523 g/mol. The second-order valence-corrected chi connectivity index (χ2v) is 22.4. The van der Waals surface area contributed by atoms with E-state index in [2.05, 4.69) is 52.1 Å². The predicted octanol–water partition coefficient (Wildman–Crippen LogP) is 6.35. The molecule has 2 aliphatic heterocycles. The third-order valence-corrected chi connectivity index (χ3v) is 21.3. The molecule has 0 saturated carbocycles. The third kappa shape index (κ3) is 4.50. The molecule has 3 nitrogen and oxygen atoms in total. The number of hydrogen-bond donors (Lipinski definition) is 0. The minimum Gasteiger partial charge on any atom is -0.207 e. The largest absolute Gasteiger partial charge is 0.243 e. The maximum atomic E-state index is 13.6. The van der Waals surface area contributed by atoms with Gasteiger partial charge in [0.15, 0.2) is 0 Å². The predicted molar refractivity (Wildman–Crippen MR) is 153 cm³/mol. The van der Waals surface area contributed by atoms with Gasteiger partial charge < -0.3 is 0 Å². The van der Waals surface area contributed by atoms with Crippen molar-refractivity contribution in [3.05, 3.63) is 58.1 Å². The Labute approximate surface area is 215 Å². The van der Waals surface area contributed by atoms with Gasteiger partial charge in [0.25, 0.3) is 0 Å². The van der Waals surface area contributed by atoms with Crippen LogP contribution in [-0.2, 0) is 29.5 Å². The average molecular weight is 524 g/mol. The second kappa shape index (κ2) is 10.0. The van der Waals surface area contributed by atoms with Gasteiger partial charge in [-0.3, -0.25) is 0 Å². The van der Waals surface area contributed by atoms with Crippen LogP contribution in [-0.4, -0.2) is 28.9 Å². The Morgan fingerprint density at radius 1 is 0.943 bits per heavy atom. The van der Waals surface area contributed by atoms with Gasteiger partial charge in [0, 0.05) is 18.7 Å². The van der Waals surface area contributed by atoms with Crippen LogP contribution in [0.2, 0.25) is 36.3 Å². The van der Waals surface area contributed by atoms with Crippen LogP contribution in [0.15, 0.2) is 35.2 Å². The lowest BCUT2D eigenvalue weighted by Crippen LogP contribution is -2.45. The minimum absolute atomic E-state index is 0.385. The van der Waals surface area contributed by atoms with Crippen LogP contribution >= 0.6 is 0 Å². The van der Waals surface area contributed by atoms with Crippen LogP contribution in [0.4, 0.5) is 0 Å². The SMILES string of the molecule is CC[Si](C#Cc1c2c(cc3c1[Si](CC)(CC)CC3)CN(S(=O)(=O)c1ccc(C)cc1)C2)(CC)CC. The van der Waals surface area contributed by atoms with E-state index in [0.29, 0.717) is 18.0 Å². The highest BCUT2D eigenvalue weighted by Crippen LogP contribution is 2.38. The summed E-state index contributed by atoms with van der Waals surface area (Å²) >= 11 is 0. The van der Waals surface area contributed by atoms with Crippen LogP contribution in [0.5, 0.6) is 0 Å². The zero-order valence-electron chi connectivity index (χ0n) is 22.4. The number of hydrogen-bond acceptors (Lipinski definition) is 2. The van der Waals surface area contributed by atoms with Crippen molar-refractivity contribution in [2.24, 2.45) is 0 Å². The fraction of sp³-hybridized carbons (Fsp3) is 0.517. The Bertz CT molecular complexity index is 1260. The van der Waals surface area contributed by atoms with E-state index >= 15 is 0 Å². The fourth-order valence-corrected chi connectivity index (χ4v) is 14.6.